The first-order valence-electron chi connectivity index (χ1n) is 5.24. The second-order valence-electron chi connectivity index (χ2n) is 4.00. The molecule has 2 atom stereocenters. The molecule has 0 radical (unpaired) electrons. The zero-order valence-corrected chi connectivity index (χ0v) is 9.50. The molecule has 1 saturated carbocycles. The first-order valence-corrected chi connectivity index (χ1v) is 6.12. The minimum atomic E-state index is -0.757. The first-order chi connectivity index (χ1) is 7.66. The van der Waals surface area contributed by atoms with Gasteiger partial charge < -0.3 is 10.4 Å². The summed E-state index contributed by atoms with van der Waals surface area (Å²) in [5, 5.41) is 13.6. The van der Waals surface area contributed by atoms with Gasteiger partial charge in [-0.05, 0) is 30.7 Å². The second-order valence-corrected chi connectivity index (χ2v) is 4.94. The topological polar surface area (TPSA) is 66.4 Å². The van der Waals surface area contributed by atoms with Crippen molar-refractivity contribution in [3.8, 4) is 0 Å². The molecule has 0 aromatic carbocycles. The molecule has 0 aliphatic heterocycles. The van der Waals surface area contributed by atoms with Crippen LogP contribution in [-0.2, 0) is 4.79 Å². The third kappa shape index (κ3) is 2.41. The summed E-state index contributed by atoms with van der Waals surface area (Å²) in [7, 11) is 0. The summed E-state index contributed by atoms with van der Waals surface area (Å²) in [6, 6.07) is 3.61. The molecule has 4 nitrogen and oxygen atoms in total. The number of hydrogen-bond acceptors (Lipinski definition) is 3. The van der Waals surface area contributed by atoms with E-state index in [0.29, 0.717) is 17.7 Å². The molecule has 1 amide bonds. The number of aliphatic carboxylic acids is 1. The molecule has 1 aromatic rings. The molecule has 1 aromatic heterocycles. The van der Waals surface area contributed by atoms with Crippen LogP contribution in [0, 0.1) is 5.92 Å². The largest absolute Gasteiger partial charge is 0.481 e. The molecule has 2 N–H and O–H groups in total. The van der Waals surface area contributed by atoms with E-state index in [0.717, 1.165) is 6.42 Å². The molecule has 1 aliphatic rings. The number of carbonyl (C=O) groups is 2. The molecular weight excluding hydrogens is 226 g/mol. The Kier molecular flexibility index (Phi) is 3.24. The highest BCUT2D eigenvalue weighted by molar-refractivity contribution is 7.12. The van der Waals surface area contributed by atoms with E-state index in [9.17, 15) is 9.59 Å². The number of rotatable bonds is 3. The maximum Gasteiger partial charge on any atom is 0.306 e. The van der Waals surface area contributed by atoms with Gasteiger partial charge in [0.2, 0.25) is 0 Å². The zero-order valence-electron chi connectivity index (χ0n) is 8.68. The Morgan fingerprint density at radius 2 is 2.25 bits per heavy atom. The minimum absolute atomic E-state index is 0.00991. The third-order valence-corrected chi connectivity index (χ3v) is 3.73. The van der Waals surface area contributed by atoms with Crippen LogP contribution in [0.3, 0.4) is 0 Å². The fourth-order valence-corrected chi connectivity index (χ4v) is 2.63. The van der Waals surface area contributed by atoms with Gasteiger partial charge in [0.05, 0.1) is 10.8 Å². The molecule has 1 heterocycles. The summed E-state index contributed by atoms with van der Waals surface area (Å²) in [5.74, 6) is -1.15. The molecule has 0 bridgehead atoms. The lowest BCUT2D eigenvalue weighted by Gasteiger charge is -2.11. The lowest BCUT2D eigenvalue weighted by Crippen LogP contribution is -2.32. The van der Waals surface area contributed by atoms with Crippen LogP contribution in [0.4, 0.5) is 0 Å². The fourth-order valence-electron chi connectivity index (χ4n) is 2.00. The summed E-state index contributed by atoms with van der Waals surface area (Å²) < 4.78 is 0. The molecule has 16 heavy (non-hydrogen) atoms. The van der Waals surface area contributed by atoms with Gasteiger partial charge in [-0.3, -0.25) is 9.59 Å². The van der Waals surface area contributed by atoms with E-state index in [1.54, 1.807) is 6.07 Å². The monoisotopic (exact) mass is 239 g/mol. The summed E-state index contributed by atoms with van der Waals surface area (Å²) in [4.78, 5) is 23.1. The van der Waals surface area contributed by atoms with E-state index < -0.39 is 5.97 Å². The number of carboxylic acids is 1. The van der Waals surface area contributed by atoms with E-state index in [1.165, 1.54) is 11.3 Å². The van der Waals surface area contributed by atoms with Crippen LogP contribution >= 0.6 is 11.3 Å². The fraction of sp³-hybridized carbons (Fsp3) is 0.455. The Morgan fingerprint density at radius 1 is 1.44 bits per heavy atom. The highest BCUT2D eigenvalue weighted by Gasteiger charge is 2.30. The summed E-state index contributed by atoms with van der Waals surface area (Å²) in [6.07, 6.45) is 1.96. The van der Waals surface area contributed by atoms with Gasteiger partial charge in [0.15, 0.2) is 0 Å². The Hall–Kier alpha value is -1.36. The van der Waals surface area contributed by atoms with Crippen LogP contribution in [0.1, 0.15) is 28.9 Å². The van der Waals surface area contributed by atoms with Crippen molar-refractivity contribution in [1.82, 2.24) is 5.32 Å². The van der Waals surface area contributed by atoms with Gasteiger partial charge >= 0.3 is 5.97 Å². The standard InChI is InChI=1S/C11H13NO3S/c13-10(9-2-1-5-16-9)12-8-4-3-7(6-8)11(14)15/h1-2,5,7-8H,3-4,6H2,(H,12,13)(H,14,15)/t7-,8-/m1/s1. The molecular formula is C11H13NO3S. The number of hydrogen-bond donors (Lipinski definition) is 2. The van der Waals surface area contributed by atoms with E-state index in [4.69, 9.17) is 5.11 Å². The molecule has 86 valence electrons. The van der Waals surface area contributed by atoms with Crippen LogP contribution in [0.2, 0.25) is 0 Å². The quantitative estimate of drug-likeness (QED) is 0.844. The van der Waals surface area contributed by atoms with Gasteiger partial charge in [-0.2, -0.15) is 0 Å². The highest BCUT2D eigenvalue weighted by atomic mass is 32.1. The van der Waals surface area contributed by atoms with Gasteiger partial charge in [0, 0.05) is 6.04 Å². The van der Waals surface area contributed by atoms with Crippen molar-refractivity contribution < 1.29 is 14.7 Å². The lowest BCUT2D eigenvalue weighted by molar-refractivity contribution is -0.141. The Morgan fingerprint density at radius 3 is 2.81 bits per heavy atom. The van der Waals surface area contributed by atoms with Gasteiger partial charge in [-0.1, -0.05) is 6.07 Å². The summed E-state index contributed by atoms with van der Waals surface area (Å²) in [5.41, 5.74) is 0. The maximum absolute atomic E-state index is 11.7. The van der Waals surface area contributed by atoms with Crippen molar-refractivity contribution in [3.05, 3.63) is 22.4 Å². The van der Waals surface area contributed by atoms with Crippen molar-refractivity contribution in [2.75, 3.05) is 0 Å². The number of nitrogens with one attached hydrogen (secondary N) is 1. The van der Waals surface area contributed by atoms with Gasteiger partial charge in [-0.15, -0.1) is 11.3 Å². The normalized spacial score (nSPS) is 24.2. The average Bonchev–Trinajstić information content (AvgIpc) is 2.87. The van der Waals surface area contributed by atoms with Crippen LogP contribution in [0.15, 0.2) is 17.5 Å². The Bertz CT molecular complexity index is 388. The van der Waals surface area contributed by atoms with Gasteiger partial charge in [-0.25, -0.2) is 0 Å². The van der Waals surface area contributed by atoms with Crippen LogP contribution in [0.5, 0.6) is 0 Å². The Balaban J connectivity index is 1.88. The number of carbonyl (C=O) groups excluding carboxylic acids is 1. The molecule has 5 heteroatoms. The summed E-state index contributed by atoms with van der Waals surface area (Å²) >= 11 is 1.39. The summed E-state index contributed by atoms with van der Waals surface area (Å²) in [6.45, 7) is 0. The molecule has 0 spiro atoms. The molecule has 2 rings (SSSR count). The van der Waals surface area contributed by atoms with E-state index >= 15 is 0 Å². The van der Waals surface area contributed by atoms with Crippen molar-refractivity contribution in [1.29, 1.82) is 0 Å². The number of carboxylic acid groups (broad SMARTS) is 1. The SMILES string of the molecule is O=C(N[C@@H]1CC[C@@H](C(=O)O)C1)c1cccs1. The third-order valence-electron chi connectivity index (χ3n) is 2.86. The van der Waals surface area contributed by atoms with E-state index in [2.05, 4.69) is 5.32 Å². The predicted molar refractivity (Wildman–Crippen MR) is 60.6 cm³/mol. The van der Waals surface area contributed by atoms with Crippen molar-refractivity contribution >= 4 is 23.2 Å². The smallest absolute Gasteiger partial charge is 0.306 e. The van der Waals surface area contributed by atoms with E-state index in [-0.39, 0.29) is 17.9 Å². The zero-order chi connectivity index (χ0) is 11.5. The lowest BCUT2D eigenvalue weighted by atomic mass is 10.1. The Labute approximate surface area is 97.3 Å². The highest BCUT2D eigenvalue weighted by Crippen LogP contribution is 2.26. The van der Waals surface area contributed by atoms with Gasteiger partial charge in [0.1, 0.15) is 0 Å². The maximum atomic E-state index is 11.7. The average molecular weight is 239 g/mol. The van der Waals surface area contributed by atoms with Crippen molar-refractivity contribution in [3.63, 3.8) is 0 Å². The van der Waals surface area contributed by atoms with Crippen LogP contribution in [-0.4, -0.2) is 23.0 Å². The number of amides is 1. The van der Waals surface area contributed by atoms with Crippen molar-refractivity contribution in [2.45, 2.75) is 25.3 Å². The molecule has 0 unspecified atom stereocenters. The van der Waals surface area contributed by atoms with Gasteiger partial charge in [0.25, 0.3) is 5.91 Å². The predicted octanol–water partition coefficient (Wildman–Crippen LogP) is 1.73. The van der Waals surface area contributed by atoms with Crippen molar-refractivity contribution in [2.24, 2.45) is 5.92 Å². The molecule has 1 aliphatic carbocycles. The molecule has 1 fully saturated rings. The number of thiophene rings is 1. The first kappa shape index (κ1) is 11.1. The van der Waals surface area contributed by atoms with E-state index in [1.807, 2.05) is 11.4 Å². The molecule has 0 saturated heterocycles. The van der Waals surface area contributed by atoms with Crippen LogP contribution in [0.25, 0.3) is 0 Å². The second kappa shape index (κ2) is 4.65. The van der Waals surface area contributed by atoms with Crippen LogP contribution < -0.4 is 5.32 Å². The minimum Gasteiger partial charge on any atom is -0.481 e.